The van der Waals surface area contributed by atoms with Crippen molar-refractivity contribution < 1.29 is 57.6 Å². The number of hydrogen-bond donors (Lipinski definition) is 2. The highest BCUT2D eigenvalue weighted by Crippen LogP contribution is 2.40. The molecule has 0 amide bonds. The van der Waals surface area contributed by atoms with Crippen LogP contribution in [-0.4, -0.2) is 103 Å². The highest BCUT2D eigenvalue weighted by Gasteiger charge is 2.57. The van der Waals surface area contributed by atoms with Crippen LogP contribution >= 0.6 is 0 Å². The van der Waals surface area contributed by atoms with Crippen molar-refractivity contribution >= 4 is 0 Å². The van der Waals surface area contributed by atoms with Gasteiger partial charge in [-0.2, -0.15) is 0 Å². The Labute approximate surface area is 347 Å². The molecular weight excluding hydrogens is 757 g/mol. The summed E-state index contributed by atoms with van der Waals surface area (Å²) in [4.78, 5) is 0. The smallest absolute Gasteiger partial charge is 0.186 e. The molecule has 0 saturated carbocycles. The molecular formula is C47H58O12. The fraction of sp³-hybridized carbons (Fsp3) is 0.489. The molecule has 2 N–H and O–H groups in total. The summed E-state index contributed by atoms with van der Waals surface area (Å²) < 4.78 is 64.6. The summed E-state index contributed by atoms with van der Waals surface area (Å²) in [6, 6.07) is 39.0. The van der Waals surface area contributed by atoms with Gasteiger partial charge in [0.05, 0.1) is 33.0 Å². The molecule has 4 aromatic rings. The maximum Gasteiger partial charge on any atom is 0.186 e. The number of benzene rings is 4. The molecule has 0 aliphatic carbocycles. The molecule has 7 rings (SSSR count). The lowest BCUT2D eigenvalue weighted by Crippen LogP contribution is -2.66. The molecule has 11 atom stereocenters. The molecule has 12 nitrogen and oxygen atoms in total. The molecule has 318 valence electrons. The van der Waals surface area contributed by atoms with Gasteiger partial charge in [-0.05, 0) is 49.9 Å². The number of aliphatic hydroxyl groups is 2. The molecule has 0 spiro atoms. The zero-order chi connectivity index (χ0) is 41.4. The van der Waals surface area contributed by atoms with Crippen molar-refractivity contribution in [3.63, 3.8) is 0 Å². The van der Waals surface area contributed by atoms with E-state index in [0.29, 0.717) is 0 Å². The Kier molecular flexibility index (Phi) is 14.6. The third-order valence-corrected chi connectivity index (χ3v) is 10.8. The van der Waals surface area contributed by atoms with Crippen LogP contribution in [0.3, 0.4) is 0 Å². The lowest BCUT2D eigenvalue weighted by atomic mass is 9.88. The maximum atomic E-state index is 12.5. The lowest BCUT2D eigenvalue weighted by molar-refractivity contribution is -0.339. The van der Waals surface area contributed by atoms with Gasteiger partial charge in [0.15, 0.2) is 17.9 Å². The molecule has 3 heterocycles. The van der Waals surface area contributed by atoms with Gasteiger partial charge in [-0.1, -0.05) is 121 Å². The summed E-state index contributed by atoms with van der Waals surface area (Å²) in [5.41, 5.74) is 3.65. The third kappa shape index (κ3) is 11.2. The molecule has 0 unspecified atom stereocenters. The van der Waals surface area contributed by atoms with Crippen molar-refractivity contribution in [2.75, 3.05) is 13.7 Å². The van der Waals surface area contributed by atoms with E-state index in [2.05, 4.69) is 0 Å². The first-order valence-electron chi connectivity index (χ1n) is 20.3. The zero-order valence-electron chi connectivity index (χ0n) is 34.4. The standard InChI is InChI=1S/C47H58O12/c1-46(2)55-30-35(57-46)38-40(59-47(3,4)58-38)37(49)36(48)39(51-26-31-18-10-6-11-19-31)43-41(52-27-32-20-12-7-13-21-32)42(53-28-33-22-14-8-15-23-33)44(45(50-5)56-43)54-29-34-24-16-9-17-25-34/h6-25,35-45,48-49H,26-30H2,1-5H3/t35-,36+,37-,38-,39-,40-,41+,42+,43-,44-,45+/m1/s1. The number of ether oxygens (including phenoxy) is 10. The molecule has 3 aliphatic rings. The highest BCUT2D eigenvalue weighted by atomic mass is 16.8. The second-order valence-electron chi connectivity index (χ2n) is 16.2. The van der Waals surface area contributed by atoms with E-state index in [1.54, 1.807) is 13.8 Å². The summed E-state index contributed by atoms with van der Waals surface area (Å²) in [5, 5.41) is 24.8. The van der Waals surface area contributed by atoms with E-state index in [1.807, 2.05) is 135 Å². The predicted molar refractivity (Wildman–Crippen MR) is 216 cm³/mol. The Hall–Kier alpha value is -3.60. The summed E-state index contributed by atoms with van der Waals surface area (Å²) in [6.45, 7) is 8.07. The molecule has 3 aliphatic heterocycles. The predicted octanol–water partition coefficient (Wildman–Crippen LogP) is 6.09. The van der Waals surface area contributed by atoms with Gasteiger partial charge in [0.2, 0.25) is 0 Å². The fourth-order valence-corrected chi connectivity index (χ4v) is 7.93. The minimum Gasteiger partial charge on any atom is -0.387 e. The molecule has 0 bridgehead atoms. The van der Waals surface area contributed by atoms with Crippen LogP contribution in [-0.2, 0) is 73.8 Å². The Bertz CT molecular complexity index is 1830. The second kappa shape index (κ2) is 19.9. The van der Waals surface area contributed by atoms with Gasteiger partial charge >= 0.3 is 0 Å². The van der Waals surface area contributed by atoms with E-state index in [4.69, 9.17) is 47.4 Å². The fourth-order valence-electron chi connectivity index (χ4n) is 7.93. The average Bonchev–Trinajstić information content (AvgIpc) is 3.79. The van der Waals surface area contributed by atoms with Crippen molar-refractivity contribution in [3.8, 4) is 0 Å². The van der Waals surface area contributed by atoms with Crippen LogP contribution in [0.1, 0.15) is 49.9 Å². The van der Waals surface area contributed by atoms with Gasteiger partial charge < -0.3 is 57.6 Å². The topological polar surface area (TPSA) is 133 Å². The molecule has 0 aromatic heterocycles. The van der Waals surface area contributed by atoms with Crippen LogP contribution in [0.15, 0.2) is 121 Å². The number of aliphatic hydroxyl groups excluding tert-OH is 2. The summed E-state index contributed by atoms with van der Waals surface area (Å²) in [5.74, 6) is -1.96. The number of hydrogen-bond acceptors (Lipinski definition) is 12. The van der Waals surface area contributed by atoms with E-state index < -0.39 is 78.9 Å². The average molecular weight is 815 g/mol. The number of rotatable bonds is 18. The molecule has 0 radical (unpaired) electrons. The summed E-state index contributed by atoms with van der Waals surface area (Å²) in [6.07, 6.45) is -11.4. The number of methoxy groups -OCH3 is 1. The van der Waals surface area contributed by atoms with Gasteiger partial charge in [-0.3, -0.25) is 0 Å². The first-order valence-corrected chi connectivity index (χ1v) is 20.3. The van der Waals surface area contributed by atoms with Crippen LogP contribution in [0.5, 0.6) is 0 Å². The van der Waals surface area contributed by atoms with Gasteiger partial charge in [0.25, 0.3) is 0 Å². The minimum atomic E-state index is -1.61. The lowest BCUT2D eigenvalue weighted by Gasteiger charge is -2.48. The first-order chi connectivity index (χ1) is 28.5. The van der Waals surface area contributed by atoms with Gasteiger partial charge in [0.1, 0.15) is 61.0 Å². The Balaban J connectivity index is 1.26. The molecule has 3 saturated heterocycles. The molecule has 3 fully saturated rings. The highest BCUT2D eigenvalue weighted by molar-refractivity contribution is 5.17. The van der Waals surface area contributed by atoms with E-state index in [1.165, 1.54) is 7.11 Å². The van der Waals surface area contributed by atoms with Crippen molar-refractivity contribution in [1.82, 2.24) is 0 Å². The normalized spacial score (nSPS) is 29.2. The van der Waals surface area contributed by atoms with Crippen molar-refractivity contribution in [2.24, 2.45) is 0 Å². The Morgan fingerprint density at radius 2 is 1.05 bits per heavy atom. The van der Waals surface area contributed by atoms with E-state index in [0.717, 1.165) is 22.3 Å². The minimum absolute atomic E-state index is 0.0758. The maximum absolute atomic E-state index is 12.5. The van der Waals surface area contributed by atoms with E-state index >= 15 is 0 Å². The Morgan fingerprint density at radius 1 is 0.576 bits per heavy atom. The van der Waals surface area contributed by atoms with Crippen LogP contribution < -0.4 is 0 Å². The largest absolute Gasteiger partial charge is 0.387 e. The summed E-state index contributed by atoms with van der Waals surface area (Å²) >= 11 is 0. The monoisotopic (exact) mass is 814 g/mol. The van der Waals surface area contributed by atoms with Crippen molar-refractivity contribution in [3.05, 3.63) is 144 Å². The van der Waals surface area contributed by atoms with Gasteiger partial charge in [-0.15, -0.1) is 0 Å². The van der Waals surface area contributed by atoms with Crippen molar-refractivity contribution in [2.45, 2.75) is 133 Å². The van der Waals surface area contributed by atoms with Crippen LogP contribution in [0.4, 0.5) is 0 Å². The quantitative estimate of drug-likeness (QED) is 0.121. The first kappa shape index (κ1) is 43.5. The van der Waals surface area contributed by atoms with E-state index in [9.17, 15) is 10.2 Å². The van der Waals surface area contributed by atoms with Crippen LogP contribution in [0.2, 0.25) is 0 Å². The van der Waals surface area contributed by atoms with Crippen molar-refractivity contribution in [1.29, 1.82) is 0 Å². The Morgan fingerprint density at radius 3 is 1.53 bits per heavy atom. The van der Waals surface area contributed by atoms with Gasteiger partial charge in [-0.25, -0.2) is 0 Å². The summed E-state index contributed by atoms with van der Waals surface area (Å²) in [7, 11) is 1.53. The zero-order valence-corrected chi connectivity index (χ0v) is 34.4. The molecule has 59 heavy (non-hydrogen) atoms. The SMILES string of the molecule is CO[C@H]1O[C@H]([C@H](OCc2ccccc2)[C@@H](O)[C@@H](O)[C@H]2OC(C)(C)O[C@@H]2[C@H]2COC(C)(C)O2)[C@@H](OCc2ccccc2)[C@H](OCc2ccccc2)[C@H]1OCc1ccccc1. The van der Waals surface area contributed by atoms with Crippen LogP contribution in [0, 0.1) is 0 Å². The molecule has 4 aromatic carbocycles. The van der Waals surface area contributed by atoms with E-state index in [-0.39, 0.29) is 33.0 Å². The van der Waals surface area contributed by atoms with Crippen LogP contribution in [0.25, 0.3) is 0 Å². The van der Waals surface area contributed by atoms with Gasteiger partial charge in [0, 0.05) is 7.11 Å². The molecule has 12 heteroatoms. The third-order valence-electron chi connectivity index (χ3n) is 10.8. The second-order valence-corrected chi connectivity index (χ2v) is 16.2.